The summed E-state index contributed by atoms with van der Waals surface area (Å²) < 4.78 is 0. The van der Waals surface area contributed by atoms with Crippen molar-refractivity contribution in [2.45, 2.75) is 110 Å². The molecule has 0 saturated carbocycles. The minimum Gasteiger partial charge on any atom is -0.396 e. The molecule has 149 valence electrons. The Kier molecular flexibility index (Phi) is 19.7. The van der Waals surface area contributed by atoms with E-state index in [9.17, 15) is 0 Å². The van der Waals surface area contributed by atoms with Crippen molar-refractivity contribution in [3.63, 3.8) is 0 Å². The molecule has 0 aromatic rings. The van der Waals surface area contributed by atoms with E-state index in [0.29, 0.717) is 5.92 Å². The van der Waals surface area contributed by atoms with Gasteiger partial charge in [-0.15, -0.1) is 0 Å². The van der Waals surface area contributed by atoms with Gasteiger partial charge in [-0.1, -0.05) is 83.8 Å². The highest BCUT2D eigenvalue weighted by atomic mass is 16.3. The molecule has 0 saturated heterocycles. The molecule has 2 heteroatoms. The molecule has 0 amide bonds. The minimum atomic E-state index is 0.213. The number of aliphatic hydroxyl groups is 2. The van der Waals surface area contributed by atoms with Crippen molar-refractivity contribution < 1.29 is 10.2 Å². The topological polar surface area (TPSA) is 40.5 Å². The second kappa shape index (κ2) is 20.0. The Hall–Kier alpha value is -0.340. The summed E-state index contributed by atoms with van der Waals surface area (Å²) in [5.74, 6) is 1.87. The van der Waals surface area contributed by atoms with Crippen molar-refractivity contribution in [2.24, 2.45) is 5.92 Å². The molecule has 0 aliphatic rings. The summed E-state index contributed by atoms with van der Waals surface area (Å²) in [4.78, 5) is 0. The number of aliphatic hydroxyl groups excluding tert-OH is 2. The first kappa shape index (κ1) is 24.7. The normalized spacial score (nSPS) is 13.2. The van der Waals surface area contributed by atoms with Gasteiger partial charge in [0, 0.05) is 13.2 Å². The number of hydrogen-bond acceptors (Lipinski definition) is 2. The molecule has 1 atom stereocenters. The summed E-state index contributed by atoms with van der Waals surface area (Å²) in [6.45, 7) is 4.94. The number of unbranched alkanes of at least 4 members (excludes halogenated alkanes) is 10. The van der Waals surface area contributed by atoms with Crippen LogP contribution in [0.15, 0.2) is 12.2 Å². The quantitative estimate of drug-likeness (QED) is 0.203. The molecule has 0 spiro atoms. The zero-order chi connectivity index (χ0) is 18.6. The molecule has 0 rings (SSSR count). The summed E-state index contributed by atoms with van der Waals surface area (Å²) in [5, 5.41) is 18.2. The van der Waals surface area contributed by atoms with Gasteiger partial charge in [-0.25, -0.2) is 0 Å². The lowest BCUT2D eigenvalue weighted by Gasteiger charge is -2.21. The number of allylic oxidation sites excluding steroid dienone is 2. The van der Waals surface area contributed by atoms with Gasteiger partial charge in [-0.05, 0) is 50.4 Å². The molecule has 0 aromatic carbocycles. The fourth-order valence-corrected chi connectivity index (χ4v) is 3.45. The summed E-state index contributed by atoms with van der Waals surface area (Å²) in [6, 6.07) is 0. The van der Waals surface area contributed by atoms with Crippen LogP contribution in [0.5, 0.6) is 0 Å². The van der Waals surface area contributed by atoms with E-state index in [-0.39, 0.29) is 13.2 Å². The van der Waals surface area contributed by atoms with E-state index in [2.05, 4.69) is 26.0 Å². The second-order valence-corrected chi connectivity index (χ2v) is 7.53. The molecule has 2 nitrogen and oxygen atoms in total. The summed E-state index contributed by atoms with van der Waals surface area (Å²) in [5.41, 5.74) is 0. The van der Waals surface area contributed by atoms with Crippen LogP contribution in [0, 0.1) is 11.8 Å². The molecule has 0 bridgehead atoms. The van der Waals surface area contributed by atoms with E-state index < -0.39 is 0 Å². The van der Waals surface area contributed by atoms with Crippen LogP contribution < -0.4 is 0 Å². The van der Waals surface area contributed by atoms with E-state index in [1.165, 1.54) is 89.4 Å². The molecular formula is C23H45O2. The predicted octanol–water partition coefficient (Wildman–Crippen LogP) is 6.61. The van der Waals surface area contributed by atoms with Crippen LogP contribution in [0.1, 0.15) is 110 Å². The first-order valence-corrected chi connectivity index (χ1v) is 11.0. The third-order valence-corrected chi connectivity index (χ3v) is 5.21. The van der Waals surface area contributed by atoms with Gasteiger partial charge in [-0.3, -0.25) is 0 Å². The maximum Gasteiger partial charge on any atom is 0.0436 e. The van der Waals surface area contributed by atoms with Crippen molar-refractivity contribution in [1.82, 2.24) is 0 Å². The molecule has 0 aliphatic carbocycles. The molecule has 0 heterocycles. The Morgan fingerprint density at radius 3 is 1.72 bits per heavy atom. The van der Waals surface area contributed by atoms with Crippen molar-refractivity contribution in [2.75, 3.05) is 13.2 Å². The van der Waals surface area contributed by atoms with Gasteiger partial charge in [0.15, 0.2) is 0 Å². The molecule has 0 fully saturated rings. The summed E-state index contributed by atoms with van der Waals surface area (Å²) >= 11 is 0. The summed E-state index contributed by atoms with van der Waals surface area (Å²) in [6.07, 6.45) is 23.5. The fraction of sp³-hybridized carbons (Fsp3) is 0.870. The fourth-order valence-electron chi connectivity index (χ4n) is 3.45. The van der Waals surface area contributed by atoms with Gasteiger partial charge in [0.1, 0.15) is 0 Å². The molecule has 0 aromatic heterocycles. The van der Waals surface area contributed by atoms with Crippen LogP contribution in [-0.4, -0.2) is 23.4 Å². The van der Waals surface area contributed by atoms with Crippen LogP contribution in [-0.2, 0) is 0 Å². The molecule has 1 unspecified atom stereocenters. The number of hydrogen-bond donors (Lipinski definition) is 2. The largest absolute Gasteiger partial charge is 0.396 e. The van der Waals surface area contributed by atoms with Gasteiger partial charge in [-0.2, -0.15) is 0 Å². The van der Waals surface area contributed by atoms with E-state index >= 15 is 0 Å². The minimum absolute atomic E-state index is 0.213. The molecule has 25 heavy (non-hydrogen) atoms. The van der Waals surface area contributed by atoms with Crippen LogP contribution in [0.2, 0.25) is 0 Å². The van der Waals surface area contributed by atoms with E-state index in [1.54, 1.807) is 0 Å². The van der Waals surface area contributed by atoms with Crippen LogP contribution in [0.4, 0.5) is 0 Å². The van der Waals surface area contributed by atoms with Gasteiger partial charge in [0.25, 0.3) is 0 Å². The van der Waals surface area contributed by atoms with Gasteiger partial charge in [0.2, 0.25) is 0 Å². The Bertz CT molecular complexity index is 269. The van der Waals surface area contributed by atoms with Crippen LogP contribution in [0.3, 0.4) is 0 Å². The Morgan fingerprint density at radius 1 is 0.720 bits per heavy atom. The average Bonchev–Trinajstić information content (AvgIpc) is 2.61. The number of rotatable bonds is 19. The third-order valence-electron chi connectivity index (χ3n) is 5.21. The molecule has 1 radical (unpaired) electrons. The van der Waals surface area contributed by atoms with Crippen molar-refractivity contribution in [3.8, 4) is 0 Å². The molecule has 2 N–H and O–H groups in total. The average molecular weight is 354 g/mol. The smallest absolute Gasteiger partial charge is 0.0436 e. The SMILES string of the molecule is CCCCCCCC/C=C\CCCCCCC(C)[C](CCO)CCO. The third kappa shape index (κ3) is 16.9. The van der Waals surface area contributed by atoms with Crippen molar-refractivity contribution in [1.29, 1.82) is 0 Å². The molecular weight excluding hydrogens is 308 g/mol. The lowest BCUT2D eigenvalue weighted by atomic mass is 9.85. The standard InChI is InChI=1S/C23H45O2/c1-3-4-5-6-7-8-9-10-11-12-13-14-15-16-17-22(2)23(18-20-24)19-21-25/h10-11,22,24-25H,3-9,12-21H2,1-2H3/b11-10-. The maximum absolute atomic E-state index is 9.10. The lowest BCUT2D eigenvalue weighted by molar-refractivity contribution is 0.250. The zero-order valence-electron chi connectivity index (χ0n) is 17.1. The van der Waals surface area contributed by atoms with Crippen LogP contribution >= 0.6 is 0 Å². The van der Waals surface area contributed by atoms with E-state index in [1.807, 2.05) is 0 Å². The highest BCUT2D eigenvalue weighted by molar-refractivity contribution is 4.94. The van der Waals surface area contributed by atoms with Crippen molar-refractivity contribution in [3.05, 3.63) is 18.1 Å². The lowest BCUT2D eigenvalue weighted by Crippen LogP contribution is -2.13. The van der Waals surface area contributed by atoms with E-state index in [4.69, 9.17) is 10.2 Å². The Morgan fingerprint density at radius 2 is 1.20 bits per heavy atom. The zero-order valence-corrected chi connectivity index (χ0v) is 17.1. The first-order chi connectivity index (χ1) is 12.3. The predicted molar refractivity (Wildman–Crippen MR) is 111 cm³/mol. The molecule has 0 aliphatic heterocycles. The Labute approximate surface area is 158 Å². The second-order valence-electron chi connectivity index (χ2n) is 7.53. The van der Waals surface area contributed by atoms with Crippen molar-refractivity contribution >= 4 is 0 Å². The highest BCUT2D eigenvalue weighted by Gasteiger charge is 2.16. The summed E-state index contributed by atoms with van der Waals surface area (Å²) in [7, 11) is 0. The van der Waals surface area contributed by atoms with Gasteiger partial charge >= 0.3 is 0 Å². The van der Waals surface area contributed by atoms with Crippen LogP contribution in [0.25, 0.3) is 0 Å². The maximum atomic E-state index is 9.10. The van der Waals surface area contributed by atoms with E-state index in [0.717, 1.165) is 12.8 Å². The van der Waals surface area contributed by atoms with Gasteiger partial charge in [0.05, 0.1) is 0 Å². The highest BCUT2D eigenvalue weighted by Crippen LogP contribution is 2.26. The van der Waals surface area contributed by atoms with Gasteiger partial charge < -0.3 is 10.2 Å². The first-order valence-electron chi connectivity index (χ1n) is 11.0. The Balaban J connectivity index is 3.41. The monoisotopic (exact) mass is 353 g/mol.